The highest BCUT2D eigenvalue weighted by molar-refractivity contribution is 5.93. The molecule has 2 saturated heterocycles. The van der Waals surface area contributed by atoms with Gasteiger partial charge in [0.1, 0.15) is 18.8 Å². The third-order valence-corrected chi connectivity index (χ3v) is 7.63. The van der Waals surface area contributed by atoms with Crippen molar-refractivity contribution < 1.29 is 33.0 Å². The number of fused-ring (bicyclic) bond motifs is 1. The number of carbonyl (C=O) groups excluding carboxylic acids is 3. The Morgan fingerprint density at radius 3 is 2.83 bits per heavy atom. The van der Waals surface area contributed by atoms with Crippen LogP contribution in [0.2, 0.25) is 0 Å². The van der Waals surface area contributed by atoms with E-state index < -0.39 is 29.0 Å². The van der Waals surface area contributed by atoms with E-state index in [0.29, 0.717) is 24.8 Å². The van der Waals surface area contributed by atoms with Crippen molar-refractivity contribution in [2.45, 2.75) is 51.7 Å². The third kappa shape index (κ3) is 2.39. The molecule has 7 nitrogen and oxygen atoms in total. The highest BCUT2D eigenvalue weighted by Gasteiger charge is 2.71. The third-order valence-electron chi connectivity index (χ3n) is 7.63. The van der Waals surface area contributed by atoms with Crippen LogP contribution >= 0.6 is 0 Å². The highest BCUT2D eigenvalue weighted by Crippen LogP contribution is 2.67. The zero-order valence-corrected chi connectivity index (χ0v) is 16.5. The maximum Gasteiger partial charge on any atom is 0.334 e. The van der Waals surface area contributed by atoms with Crippen molar-refractivity contribution >= 4 is 17.9 Å². The van der Waals surface area contributed by atoms with E-state index in [2.05, 4.69) is 0 Å². The summed E-state index contributed by atoms with van der Waals surface area (Å²) in [6, 6.07) is 1.80. The number of furan rings is 1. The van der Waals surface area contributed by atoms with E-state index in [4.69, 9.17) is 18.6 Å². The lowest BCUT2D eigenvalue weighted by Crippen LogP contribution is -2.60. The lowest BCUT2D eigenvalue weighted by molar-refractivity contribution is -0.184. The molecule has 0 aromatic carbocycles. The molecule has 0 radical (unpaired) electrons. The number of hydrogen-bond donors (Lipinski definition) is 0. The van der Waals surface area contributed by atoms with Crippen LogP contribution in [0.25, 0.3) is 0 Å². The van der Waals surface area contributed by atoms with Crippen LogP contribution < -0.4 is 0 Å². The first-order valence-corrected chi connectivity index (χ1v) is 10.2. The summed E-state index contributed by atoms with van der Waals surface area (Å²) < 4.78 is 22.2. The van der Waals surface area contributed by atoms with Crippen molar-refractivity contribution in [2.75, 3.05) is 6.61 Å². The molecule has 2 aliphatic heterocycles. The predicted octanol–water partition coefficient (Wildman–Crippen LogP) is 3.11. The molecule has 7 heteroatoms. The summed E-state index contributed by atoms with van der Waals surface area (Å²) in [5, 5.41) is 0. The van der Waals surface area contributed by atoms with E-state index in [0.717, 1.165) is 12.0 Å². The van der Waals surface area contributed by atoms with Gasteiger partial charge in [-0.3, -0.25) is 9.59 Å². The molecule has 3 fully saturated rings. The Labute approximate surface area is 168 Å². The van der Waals surface area contributed by atoms with Gasteiger partial charge in [-0.05, 0) is 31.2 Å². The molecule has 1 aromatic rings. The van der Waals surface area contributed by atoms with Gasteiger partial charge < -0.3 is 18.6 Å². The molecule has 0 unspecified atom stereocenters. The van der Waals surface area contributed by atoms with Crippen molar-refractivity contribution in [3.05, 3.63) is 35.8 Å². The van der Waals surface area contributed by atoms with Crippen molar-refractivity contribution in [1.82, 2.24) is 0 Å². The summed E-state index contributed by atoms with van der Waals surface area (Å²) >= 11 is 0. The van der Waals surface area contributed by atoms with E-state index >= 15 is 0 Å². The molecular formula is C22H24O7. The minimum absolute atomic E-state index is 0.104. The zero-order valence-electron chi connectivity index (χ0n) is 16.5. The van der Waals surface area contributed by atoms with Gasteiger partial charge in [-0.15, -0.1) is 0 Å². The Kier molecular flexibility index (Phi) is 3.95. The van der Waals surface area contributed by atoms with Gasteiger partial charge in [-0.25, -0.2) is 4.79 Å². The smallest absolute Gasteiger partial charge is 0.334 e. The second-order valence-electron chi connectivity index (χ2n) is 8.82. The quantitative estimate of drug-likeness (QED) is 0.556. The van der Waals surface area contributed by atoms with E-state index in [1.165, 1.54) is 6.92 Å². The Bertz CT molecular complexity index is 900. The maximum absolute atomic E-state index is 13.5. The summed E-state index contributed by atoms with van der Waals surface area (Å²) in [4.78, 5) is 37.8. The maximum atomic E-state index is 13.5. The number of ether oxygens (including phenoxy) is 3. The van der Waals surface area contributed by atoms with Crippen LogP contribution in [0.1, 0.15) is 51.2 Å². The van der Waals surface area contributed by atoms with Gasteiger partial charge >= 0.3 is 17.9 Å². The topological polar surface area (TPSA) is 92.0 Å². The molecule has 2 spiro atoms. The van der Waals surface area contributed by atoms with Crippen LogP contribution in [0.3, 0.4) is 0 Å². The van der Waals surface area contributed by atoms with Crippen molar-refractivity contribution in [3.8, 4) is 0 Å². The van der Waals surface area contributed by atoms with E-state index in [1.807, 2.05) is 13.0 Å². The van der Waals surface area contributed by atoms with Crippen LogP contribution in [0, 0.1) is 22.7 Å². The standard InChI is InChI=1S/C22H24O7/c1-12-16(28-13(2)23)8-21-11-27-19(24)15(21)4-3-5-18(21)22(12)9-17(29-20(22)25)14-6-7-26-10-14/h4,6-7,10,12,16-18H,3,5,8-9,11H2,1-2H3/t12-,16+,17-,18+,21+,22-/m1/s1. The fraction of sp³-hybridized carbons (Fsp3) is 0.591. The van der Waals surface area contributed by atoms with E-state index in [-0.39, 0.29) is 30.4 Å². The van der Waals surface area contributed by atoms with Gasteiger partial charge in [-0.2, -0.15) is 0 Å². The summed E-state index contributed by atoms with van der Waals surface area (Å²) in [5.41, 5.74) is -0.0202. The van der Waals surface area contributed by atoms with Crippen molar-refractivity contribution in [1.29, 1.82) is 0 Å². The second kappa shape index (κ2) is 6.21. The molecule has 0 bridgehead atoms. The first kappa shape index (κ1) is 18.5. The molecule has 5 rings (SSSR count). The van der Waals surface area contributed by atoms with Gasteiger partial charge in [0.2, 0.25) is 0 Å². The average molecular weight is 400 g/mol. The normalized spacial score (nSPS) is 40.7. The van der Waals surface area contributed by atoms with Crippen LogP contribution in [-0.4, -0.2) is 30.6 Å². The molecule has 4 aliphatic rings. The summed E-state index contributed by atoms with van der Waals surface area (Å²) in [7, 11) is 0. The number of cyclic esters (lactones) is 2. The minimum atomic E-state index is -0.853. The van der Waals surface area contributed by atoms with E-state index in [1.54, 1.807) is 18.6 Å². The molecule has 154 valence electrons. The number of rotatable bonds is 2. The minimum Gasteiger partial charge on any atom is -0.472 e. The largest absolute Gasteiger partial charge is 0.472 e. The van der Waals surface area contributed by atoms with Crippen LogP contribution in [0.5, 0.6) is 0 Å². The highest BCUT2D eigenvalue weighted by atomic mass is 16.6. The van der Waals surface area contributed by atoms with Gasteiger partial charge in [0, 0.05) is 35.8 Å². The number of esters is 3. The van der Waals surface area contributed by atoms with Crippen molar-refractivity contribution in [3.63, 3.8) is 0 Å². The molecule has 0 amide bonds. The van der Waals surface area contributed by atoms with E-state index in [9.17, 15) is 14.4 Å². The van der Waals surface area contributed by atoms with Crippen molar-refractivity contribution in [2.24, 2.45) is 22.7 Å². The molecule has 2 aliphatic carbocycles. The predicted molar refractivity (Wildman–Crippen MR) is 98.1 cm³/mol. The lowest BCUT2D eigenvalue weighted by atomic mass is 9.45. The Morgan fingerprint density at radius 2 is 2.10 bits per heavy atom. The van der Waals surface area contributed by atoms with Crippen LogP contribution in [0.4, 0.5) is 0 Å². The van der Waals surface area contributed by atoms with Gasteiger partial charge in [0.25, 0.3) is 0 Å². The SMILES string of the molecule is CC(=O)O[C@H]1C[C@]23COC(=O)C2=CCC[C@@H]3[C@@]2(C[C@H](c3ccoc3)OC2=O)[C@@H]1C. The number of carbonyl (C=O) groups is 3. The number of allylic oxidation sites excluding steroid dienone is 1. The van der Waals surface area contributed by atoms with Gasteiger partial charge in [0.05, 0.1) is 17.9 Å². The molecule has 3 heterocycles. The Morgan fingerprint density at radius 1 is 1.28 bits per heavy atom. The first-order chi connectivity index (χ1) is 13.9. The fourth-order valence-corrected chi connectivity index (χ4v) is 6.37. The lowest BCUT2D eigenvalue weighted by Gasteiger charge is -2.56. The molecule has 6 atom stereocenters. The summed E-state index contributed by atoms with van der Waals surface area (Å²) in [6.07, 6.45) is 6.63. The van der Waals surface area contributed by atoms with Gasteiger partial charge in [0.15, 0.2) is 0 Å². The Hall–Kier alpha value is -2.57. The average Bonchev–Trinajstić information content (AvgIpc) is 3.39. The van der Waals surface area contributed by atoms with Gasteiger partial charge in [-0.1, -0.05) is 13.0 Å². The van der Waals surface area contributed by atoms with Crippen LogP contribution in [0.15, 0.2) is 34.7 Å². The number of hydrogen-bond acceptors (Lipinski definition) is 7. The summed E-state index contributed by atoms with van der Waals surface area (Å²) in [6.45, 7) is 3.56. The molecule has 1 aromatic heterocycles. The Balaban J connectivity index is 1.63. The molecule has 29 heavy (non-hydrogen) atoms. The zero-order chi connectivity index (χ0) is 20.4. The second-order valence-corrected chi connectivity index (χ2v) is 8.82. The monoisotopic (exact) mass is 400 g/mol. The summed E-state index contributed by atoms with van der Waals surface area (Å²) in [5.74, 6) is -1.33. The van der Waals surface area contributed by atoms with Crippen LogP contribution in [-0.2, 0) is 28.6 Å². The molecule has 0 N–H and O–H groups in total. The molecular weight excluding hydrogens is 376 g/mol. The molecule has 1 saturated carbocycles. The first-order valence-electron chi connectivity index (χ1n) is 10.2. The fourth-order valence-electron chi connectivity index (χ4n) is 6.37.